The average Bonchev–Trinajstić information content (AvgIpc) is 2.38. The van der Waals surface area contributed by atoms with Crippen molar-refractivity contribution >= 4 is 5.82 Å². The van der Waals surface area contributed by atoms with Crippen molar-refractivity contribution in [1.29, 1.82) is 0 Å². The molecule has 0 aliphatic carbocycles. The van der Waals surface area contributed by atoms with Crippen LogP contribution in [0.25, 0.3) is 0 Å². The number of anilines is 1. The molecule has 3 heteroatoms. The van der Waals surface area contributed by atoms with Gasteiger partial charge in [0.25, 0.3) is 0 Å². The van der Waals surface area contributed by atoms with Crippen LogP contribution in [0, 0.1) is 0 Å². The van der Waals surface area contributed by atoms with E-state index in [1.165, 1.54) is 11.1 Å². The van der Waals surface area contributed by atoms with Crippen LogP contribution in [0.1, 0.15) is 30.9 Å². The molecule has 0 radical (unpaired) electrons. The van der Waals surface area contributed by atoms with E-state index in [4.69, 9.17) is 10.5 Å². The first-order chi connectivity index (χ1) is 8.68. The molecule has 0 bridgehead atoms. The summed E-state index contributed by atoms with van der Waals surface area (Å²) in [4.78, 5) is 4.00. The van der Waals surface area contributed by atoms with Crippen LogP contribution in [-0.4, -0.2) is 4.98 Å². The summed E-state index contributed by atoms with van der Waals surface area (Å²) in [5.74, 6) is 1.55. The summed E-state index contributed by atoms with van der Waals surface area (Å²) in [6.07, 6.45) is 1.66. The van der Waals surface area contributed by atoms with Crippen molar-refractivity contribution in [3.05, 3.63) is 53.7 Å². The minimum atomic E-state index is 0.430. The smallest absolute Gasteiger partial charge is 0.166 e. The number of benzene rings is 1. The summed E-state index contributed by atoms with van der Waals surface area (Å²) in [6, 6.07) is 12.0. The lowest BCUT2D eigenvalue weighted by molar-refractivity contribution is 0.305. The fourth-order valence-corrected chi connectivity index (χ4v) is 1.91. The topological polar surface area (TPSA) is 48.1 Å². The highest BCUT2D eigenvalue weighted by molar-refractivity contribution is 5.45. The quantitative estimate of drug-likeness (QED) is 0.894. The zero-order valence-electron chi connectivity index (χ0n) is 10.8. The van der Waals surface area contributed by atoms with Gasteiger partial charge in [-0.05, 0) is 29.2 Å². The molecule has 0 unspecified atom stereocenters. The second-order valence-corrected chi connectivity index (χ2v) is 4.53. The van der Waals surface area contributed by atoms with Crippen LogP contribution in [0.15, 0.2) is 42.6 Å². The lowest BCUT2D eigenvalue weighted by Crippen LogP contribution is -2.03. The molecule has 2 aromatic rings. The first-order valence-corrected chi connectivity index (χ1v) is 6.09. The molecule has 0 amide bonds. The van der Waals surface area contributed by atoms with Crippen molar-refractivity contribution in [2.24, 2.45) is 0 Å². The van der Waals surface area contributed by atoms with Gasteiger partial charge in [-0.15, -0.1) is 0 Å². The minimum absolute atomic E-state index is 0.430. The van der Waals surface area contributed by atoms with E-state index >= 15 is 0 Å². The third-order valence-electron chi connectivity index (χ3n) is 2.86. The van der Waals surface area contributed by atoms with Gasteiger partial charge in [0.2, 0.25) is 0 Å². The van der Waals surface area contributed by atoms with Crippen LogP contribution in [0.2, 0.25) is 0 Å². The van der Waals surface area contributed by atoms with Gasteiger partial charge in [0.1, 0.15) is 6.61 Å². The summed E-state index contributed by atoms with van der Waals surface area (Å²) in [7, 11) is 0. The molecule has 0 aliphatic rings. The fraction of sp³-hybridized carbons (Fsp3) is 0.267. The van der Waals surface area contributed by atoms with E-state index in [2.05, 4.69) is 37.0 Å². The number of nitrogens with two attached hydrogens (primary N) is 1. The number of aromatic nitrogens is 1. The van der Waals surface area contributed by atoms with Crippen LogP contribution in [0.4, 0.5) is 5.82 Å². The Kier molecular flexibility index (Phi) is 3.82. The van der Waals surface area contributed by atoms with Gasteiger partial charge in [-0.3, -0.25) is 0 Å². The van der Waals surface area contributed by atoms with Gasteiger partial charge in [-0.2, -0.15) is 0 Å². The third-order valence-corrected chi connectivity index (χ3v) is 2.86. The largest absolute Gasteiger partial charge is 0.485 e. The van der Waals surface area contributed by atoms with Crippen molar-refractivity contribution in [2.45, 2.75) is 26.4 Å². The van der Waals surface area contributed by atoms with Crippen molar-refractivity contribution in [1.82, 2.24) is 4.98 Å². The zero-order valence-corrected chi connectivity index (χ0v) is 10.8. The van der Waals surface area contributed by atoms with Crippen molar-refractivity contribution in [2.75, 3.05) is 5.73 Å². The Morgan fingerprint density at radius 1 is 1.17 bits per heavy atom. The van der Waals surface area contributed by atoms with Gasteiger partial charge in [0.15, 0.2) is 11.6 Å². The summed E-state index contributed by atoms with van der Waals surface area (Å²) < 4.78 is 5.73. The maximum atomic E-state index is 5.75. The number of ether oxygens (including phenoxy) is 1. The second-order valence-electron chi connectivity index (χ2n) is 4.53. The average molecular weight is 242 g/mol. The number of hydrogen-bond acceptors (Lipinski definition) is 3. The number of nitrogens with zero attached hydrogens (tertiary/aromatic N) is 1. The zero-order chi connectivity index (χ0) is 13.0. The van der Waals surface area contributed by atoms with Gasteiger partial charge >= 0.3 is 0 Å². The molecule has 0 atom stereocenters. The lowest BCUT2D eigenvalue weighted by atomic mass is 9.98. The van der Waals surface area contributed by atoms with E-state index < -0.39 is 0 Å². The lowest BCUT2D eigenvalue weighted by Gasteiger charge is -2.14. The molecular weight excluding hydrogens is 224 g/mol. The third kappa shape index (κ3) is 2.80. The molecule has 3 nitrogen and oxygen atoms in total. The van der Waals surface area contributed by atoms with Gasteiger partial charge in [0.05, 0.1) is 0 Å². The van der Waals surface area contributed by atoms with Crippen LogP contribution in [0.5, 0.6) is 5.75 Å². The molecule has 1 heterocycles. The molecule has 0 saturated heterocycles. The van der Waals surface area contributed by atoms with Crippen LogP contribution in [-0.2, 0) is 6.61 Å². The highest BCUT2D eigenvalue weighted by atomic mass is 16.5. The second kappa shape index (κ2) is 5.54. The van der Waals surface area contributed by atoms with Crippen molar-refractivity contribution in [3.8, 4) is 5.75 Å². The Balaban J connectivity index is 2.14. The highest BCUT2D eigenvalue weighted by Gasteiger charge is 2.07. The van der Waals surface area contributed by atoms with Crippen LogP contribution in [0.3, 0.4) is 0 Å². The Morgan fingerprint density at radius 3 is 2.67 bits per heavy atom. The summed E-state index contributed by atoms with van der Waals surface area (Å²) in [6.45, 7) is 4.87. The number of rotatable bonds is 4. The number of pyridine rings is 1. The predicted molar refractivity (Wildman–Crippen MR) is 73.5 cm³/mol. The Morgan fingerprint density at radius 2 is 1.94 bits per heavy atom. The first-order valence-electron chi connectivity index (χ1n) is 6.09. The van der Waals surface area contributed by atoms with E-state index in [0.717, 1.165) is 0 Å². The number of hydrogen-bond donors (Lipinski definition) is 1. The standard InChI is InChI=1S/C15H18N2O/c1-11(2)13-7-4-3-6-12(13)10-18-14-8-5-9-17-15(14)16/h3-9,11H,10H2,1-2H3,(H2,16,17). The van der Waals surface area contributed by atoms with Gasteiger partial charge < -0.3 is 10.5 Å². The Hall–Kier alpha value is -2.03. The first kappa shape index (κ1) is 12.4. The van der Waals surface area contributed by atoms with E-state index in [-0.39, 0.29) is 0 Å². The molecular formula is C15H18N2O. The normalized spacial score (nSPS) is 10.6. The van der Waals surface area contributed by atoms with E-state index in [1.54, 1.807) is 6.20 Å². The molecule has 1 aromatic heterocycles. The van der Waals surface area contributed by atoms with Crippen LogP contribution < -0.4 is 10.5 Å². The summed E-state index contributed by atoms with van der Waals surface area (Å²) >= 11 is 0. The molecule has 0 spiro atoms. The fourth-order valence-electron chi connectivity index (χ4n) is 1.91. The molecule has 2 rings (SSSR count). The van der Waals surface area contributed by atoms with Gasteiger partial charge in [0, 0.05) is 6.20 Å². The predicted octanol–water partition coefficient (Wildman–Crippen LogP) is 3.37. The van der Waals surface area contributed by atoms with Crippen molar-refractivity contribution in [3.63, 3.8) is 0 Å². The molecule has 0 saturated carbocycles. The van der Waals surface area contributed by atoms with E-state index in [0.29, 0.717) is 24.1 Å². The molecule has 1 aromatic carbocycles. The van der Waals surface area contributed by atoms with E-state index in [9.17, 15) is 0 Å². The number of nitrogen functional groups attached to an aromatic ring is 1. The highest BCUT2D eigenvalue weighted by Crippen LogP contribution is 2.23. The van der Waals surface area contributed by atoms with E-state index in [1.807, 2.05) is 18.2 Å². The SMILES string of the molecule is CC(C)c1ccccc1COc1cccnc1N. The summed E-state index contributed by atoms with van der Waals surface area (Å²) in [5.41, 5.74) is 8.24. The minimum Gasteiger partial charge on any atom is -0.485 e. The Bertz CT molecular complexity index is 523. The molecule has 0 fully saturated rings. The van der Waals surface area contributed by atoms with Gasteiger partial charge in [-0.25, -0.2) is 4.98 Å². The molecule has 2 N–H and O–H groups in total. The van der Waals surface area contributed by atoms with Crippen LogP contribution >= 0.6 is 0 Å². The molecule has 18 heavy (non-hydrogen) atoms. The monoisotopic (exact) mass is 242 g/mol. The maximum Gasteiger partial charge on any atom is 0.166 e. The molecule has 0 aliphatic heterocycles. The maximum absolute atomic E-state index is 5.75. The van der Waals surface area contributed by atoms with Crippen molar-refractivity contribution < 1.29 is 4.74 Å². The molecule has 94 valence electrons. The Labute approximate surface area is 108 Å². The summed E-state index contributed by atoms with van der Waals surface area (Å²) in [5, 5.41) is 0. The van der Waals surface area contributed by atoms with Gasteiger partial charge in [-0.1, -0.05) is 38.1 Å².